The van der Waals surface area contributed by atoms with Crippen molar-refractivity contribution in [3.63, 3.8) is 0 Å². The Bertz CT molecular complexity index is 1410. The third-order valence-electron chi connectivity index (χ3n) is 4.50. The van der Waals surface area contributed by atoms with Gasteiger partial charge in [-0.05, 0) is 30.3 Å². The highest BCUT2D eigenvalue weighted by Crippen LogP contribution is 2.31. The number of pyridine rings is 1. The number of hydrogen-bond donors (Lipinski definition) is 3. The summed E-state index contributed by atoms with van der Waals surface area (Å²) < 4.78 is 53.6. The number of nitrogens with two attached hydrogens (primary N) is 1. The van der Waals surface area contributed by atoms with Gasteiger partial charge in [0.25, 0.3) is 0 Å². The molecule has 9 nitrogen and oxygen atoms in total. The molecule has 0 aliphatic heterocycles. The molecule has 0 aliphatic carbocycles. The molecular formula is C20H12ClF4N7O2. The van der Waals surface area contributed by atoms with E-state index in [4.69, 9.17) is 17.3 Å². The van der Waals surface area contributed by atoms with E-state index in [1.807, 2.05) is 0 Å². The van der Waals surface area contributed by atoms with Gasteiger partial charge in [-0.2, -0.15) is 23.3 Å². The molecule has 0 atom stereocenters. The highest BCUT2D eigenvalue weighted by molar-refractivity contribution is 6.31. The second kappa shape index (κ2) is 8.59. The van der Waals surface area contributed by atoms with Crippen LogP contribution in [-0.2, 0) is 6.18 Å². The predicted molar refractivity (Wildman–Crippen MR) is 113 cm³/mol. The van der Waals surface area contributed by atoms with Gasteiger partial charge in [-0.25, -0.2) is 23.8 Å². The molecule has 0 aliphatic rings. The van der Waals surface area contributed by atoms with Crippen molar-refractivity contribution in [1.29, 1.82) is 0 Å². The van der Waals surface area contributed by atoms with Gasteiger partial charge >= 0.3 is 12.1 Å². The molecule has 0 unspecified atom stereocenters. The van der Waals surface area contributed by atoms with Crippen LogP contribution in [0.3, 0.4) is 0 Å². The number of hydrogen-bond acceptors (Lipinski definition) is 7. The Kier molecular flexibility index (Phi) is 5.79. The van der Waals surface area contributed by atoms with Gasteiger partial charge in [0, 0.05) is 35.4 Å². The van der Waals surface area contributed by atoms with E-state index >= 15 is 0 Å². The Morgan fingerprint density at radius 3 is 2.56 bits per heavy atom. The smallest absolute Gasteiger partial charge is 0.435 e. The van der Waals surface area contributed by atoms with E-state index in [0.29, 0.717) is 5.69 Å². The molecule has 1 aromatic carbocycles. The van der Waals surface area contributed by atoms with E-state index in [9.17, 15) is 27.5 Å². The lowest BCUT2D eigenvalue weighted by atomic mass is 10.1. The summed E-state index contributed by atoms with van der Waals surface area (Å²) in [6.07, 6.45) is -1.20. The zero-order valence-corrected chi connectivity index (χ0v) is 17.4. The molecular weight excluding hydrogens is 482 g/mol. The Hall–Kier alpha value is -4.26. The van der Waals surface area contributed by atoms with Crippen molar-refractivity contribution in [1.82, 2.24) is 24.7 Å². The third kappa shape index (κ3) is 4.59. The highest BCUT2D eigenvalue weighted by Gasteiger charge is 2.34. The van der Waals surface area contributed by atoms with Crippen molar-refractivity contribution in [3.8, 4) is 16.9 Å². The maximum absolute atomic E-state index is 13.4. The number of rotatable bonds is 5. The lowest BCUT2D eigenvalue weighted by Crippen LogP contribution is -2.10. The maximum atomic E-state index is 13.4. The monoisotopic (exact) mass is 493 g/mol. The summed E-state index contributed by atoms with van der Waals surface area (Å²) in [5.74, 6) is -2.44. The van der Waals surface area contributed by atoms with Crippen LogP contribution >= 0.6 is 11.6 Å². The largest absolute Gasteiger partial charge is 0.478 e. The van der Waals surface area contributed by atoms with Gasteiger partial charge in [0.05, 0.1) is 5.02 Å². The highest BCUT2D eigenvalue weighted by atomic mass is 35.5. The van der Waals surface area contributed by atoms with Crippen molar-refractivity contribution >= 4 is 35.0 Å². The van der Waals surface area contributed by atoms with Gasteiger partial charge in [-0.3, -0.25) is 0 Å². The Balaban J connectivity index is 1.84. The van der Waals surface area contributed by atoms with Crippen molar-refractivity contribution < 1.29 is 27.5 Å². The maximum Gasteiger partial charge on any atom is 0.435 e. The molecule has 4 aromatic rings. The molecule has 14 heteroatoms. The summed E-state index contributed by atoms with van der Waals surface area (Å²) >= 11 is 5.77. The predicted octanol–water partition coefficient (Wildman–Crippen LogP) is 4.56. The van der Waals surface area contributed by atoms with Crippen LogP contribution in [0.1, 0.15) is 16.1 Å². The molecule has 4 rings (SSSR count). The zero-order chi connectivity index (χ0) is 24.6. The molecule has 0 fully saturated rings. The number of nitrogen functional groups attached to an aromatic ring is 1. The lowest BCUT2D eigenvalue weighted by molar-refractivity contribution is -0.141. The number of anilines is 3. The standard InChI is InChI=1S/C20H12ClF4N7O2/c21-13-6-10(1-2-14(13)22)29-19-28-8-12(9-5-11(18(33)34)16(26)27-7-9)17(30-19)32-4-3-15(31-32)20(23,24)25/h1-8H,(H2,26,27)(H,33,34)(H,28,29,30). The Morgan fingerprint density at radius 2 is 1.91 bits per heavy atom. The van der Waals surface area contributed by atoms with Crippen LogP contribution in [0.4, 0.5) is 35.0 Å². The number of alkyl halides is 3. The van der Waals surface area contributed by atoms with Gasteiger partial charge in [0.15, 0.2) is 11.5 Å². The van der Waals surface area contributed by atoms with E-state index in [2.05, 4.69) is 25.4 Å². The number of aromatic nitrogens is 5. The molecule has 3 heterocycles. The Labute approximate surface area is 192 Å². The van der Waals surface area contributed by atoms with E-state index in [1.165, 1.54) is 30.6 Å². The van der Waals surface area contributed by atoms with Gasteiger partial charge in [0.2, 0.25) is 5.95 Å². The second-order valence-corrected chi connectivity index (χ2v) is 7.20. The second-order valence-electron chi connectivity index (χ2n) is 6.79. The zero-order valence-electron chi connectivity index (χ0n) is 16.7. The first-order chi connectivity index (χ1) is 16.0. The number of nitrogens with zero attached hydrogens (tertiary/aromatic N) is 5. The summed E-state index contributed by atoms with van der Waals surface area (Å²) in [6.45, 7) is 0. The third-order valence-corrected chi connectivity index (χ3v) is 4.79. The summed E-state index contributed by atoms with van der Waals surface area (Å²) in [5.41, 5.74) is 4.70. The average Bonchev–Trinajstić information content (AvgIpc) is 3.27. The van der Waals surface area contributed by atoms with Crippen molar-refractivity contribution in [2.24, 2.45) is 0 Å². The number of nitrogens with one attached hydrogen (secondary N) is 1. The van der Waals surface area contributed by atoms with E-state index in [1.54, 1.807) is 0 Å². The first-order valence-electron chi connectivity index (χ1n) is 9.24. The van der Waals surface area contributed by atoms with Crippen molar-refractivity contribution in [3.05, 3.63) is 71.0 Å². The summed E-state index contributed by atoms with van der Waals surface area (Å²) in [4.78, 5) is 23.6. The summed E-state index contributed by atoms with van der Waals surface area (Å²) in [7, 11) is 0. The van der Waals surface area contributed by atoms with Gasteiger partial charge in [-0.1, -0.05) is 11.6 Å². The minimum atomic E-state index is -4.70. The lowest BCUT2D eigenvalue weighted by Gasteiger charge is -2.13. The number of carboxylic acid groups (broad SMARTS) is 1. The van der Waals surface area contributed by atoms with Crippen LogP contribution in [0.2, 0.25) is 5.02 Å². The molecule has 174 valence electrons. The van der Waals surface area contributed by atoms with E-state index in [-0.39, 0.29) is 39.3 Å². The quantitative estimate of drug-likeness (QED) is 0.345. The first-order valence-corrected chi connectivity index (χ1v) is 9.62. The van der Waals surface area contributed by atoms with Gasteiger partial charge < -0.3 is 16.2 Å². The fourth-order valence-corrected chi connectivity index (χ4v) is 3.08. The van der Waals surface area contributed by atoms with E-state index < -0.39 is 23.7 Å². The van der Waals surface area contributed by atoms with Crippen LogP contribution in [0.5, 0.6) is 0 Å². The SMILES string of the molecule is Nc1ncc(-c2cnc(Nc3ccc(F)c(Cl)c3)nc2-n2ccc(C(F)(F)F)n2)cc1C(=O)O. The van der Waals surface area contributed by atoms with Gasteiger partial charge in [0.1, 0.15) is 17.2 Å². The van der Waals surface area contributed by atoms with Crippen LogP contribution in [0.15, 0.2) is 48.9 Å². The number of carboxylic acids is 1. The molecule has 0 saturated heterocycles. The normalized spacial score (nSPS) is 11.4. The molecule has 0 amide bonds. The van der Waals surface area contributed by atoms with Gasteiger partial charge in [-0.15, -0.1) is 0 Å². The first kappa shape index (κ1) is 22.9. The molecule has 34 heavy (non-hydrogen) atoms. The van der Waals surface area contributed by atoms with E-state index in [0.717, 1.165) is 23.0 Å². The topological polar surface area (TPSA) is 132 Å². The molecule has 3 aromatic heterocycles. The van der Waals surface area contributed by atoms with Crippen LogP contribution in [-0.4, -0.2) is 35.8 Å². The van der Waals surface area contributed by atoms with Crippen LogP contribution < -0.4 is 11.1 Å². The Morgan fingerprint density at radius 1 is 1.15 bits per heavy atom. The van der Waals surface area contributed by atoms with Crippen LogP contribution in [0.25, 0.3) is 16.9 Å². The number of benzene rings is 1. The minimum Gasteiger partial charge on any atom is -0.478 e. The number of carbonyl (C=O) groups is 1. The fourth-order valence-electron chi connectivity index (χ4n) is 2.90. The summed E-state index contributed by atoms with van der Waals surface area (Å²) in [6, 6.07) is 5.68. The molecule has 4 N–H and O–H groups in total. The number of halogens is 5. The van der Waals surface area contributed by atoms with Crippen molar-refractivity contribution in [2.45, 2.75) is 6.18 Å². The molecule has 0 bridgehead atoms. The van der Waals surface area contributed by atoms with Crippen molar-refractivity contribution in [2.75, 3.05) is 11.1 Å². The molecule has 0 spiro atoms. The molecule has 0 saturated carbocycles. The fraction of sp³-hybridized carbons (Fsp3) is 0.0500. The minimum absolute atomic E-state index is 0.0765. The number of aromatic carboxylic acids is 1. The van der Waals surface area contributed by atoms with Crippen LogP contribution in [0, 0.1) is 5.82 Å². The molecule has 0 radical (unpaired) electrons. The summed E-state index contributed by atoms with van der Waals surface area (Å²) in [5, 5.41) is 15.5. The average molecular weight is 494 g/mol.